The van der Waals surface area contributed by atoms with Crippen molar-refractivity contribution in [1.82, 2.24) is 9.36 Å². The highest BCUT2D eigenvalue weighted by molar-refractivity contribution is 6.09. The Morgan fingerprint density at radius 3 is 2.40 bits per heavy atom. The van der Waals surface area contributed by atoms with Gasteiger partial charge in [-0.05, 0) is 48.4 Å². The SMILES string of the molecule is Cc1c(NC(=O)/C(C#N)=C/c2cccc(OCc3ccccc3)c2)c(=O)n(-c2ccccc2)n1C. The lowest BCUT2D eigenvalue weighted by Gasteiger charge is -2.07. The molecule has 35 heavy (non-hydrogen) atoms. The first kappa shape index (κ1) is 23.3. The van der Waals surface area contributed by atoms with Gasteiger partial charge in [-0.2, -0.15) is 5.26 Å². The number of rotatable bonds is 7. The highest BCUT2D eigenvalue weighted by atomic mass is 16.5. The van der Waals surface area contributed by atoms with Crippen LogP contribution in [0.4, 0.5) is 5.69 Å². The summed E-state index contributed by atoms with van der Waals surface area (Å²) in [6.45, 7) is 2.14. The van der Waals surface area contributed by atoms with E-state index in [2.05, 4.69) is 5.32 Å². The summed E-state index contributed by atoms with van der Waals surface area (Å²) in [6.07, 6.45) is 1.47. The van der Waals surface area contributed by atoms with Gasteiger partial charge in [0, 0.05) is 7.05 Å². The molecule has 1 amide bonds. The molecule has 7 nitrogen and oxygen atoms in total. The summed E-state index contributed by atoms with van der Waals surface area (Å²) in [5.41, 5.74) is 2.53. The van der Waals surface area contributed by atoms with Crippen LogP contribution in [-0.4, -0.2) is 15.3 Å². The molecule has 4 aromatic rings. The number of para-hydroxylation sites is 1. The molecule has 0 saturated carbocycles. The Morgan fingerprint density at radius 2 is 1.71 bits per heavy atom. The van der Waals surface area contributed by atoms with Gasteiger partial charge in [0.05, 0.1) is 11.4 Å². The highest BCUT2D eigenvalue weighted by Crippen LogP contribution is 2.19. The number of nitrogens with one attached hydrogen (secondary N) is 1. The van der Waals surface area contributed by atoms with Crippen LogP contribution in [0.2, 0.25) is 0 Å². The van der Waals surface area contributed by atoms with Crippen LogP contribution in [0.3, 0.4) is 0 Å². The molecule has 0 spiro atoms. The summed E-state index contributed by atoms with van der Waals surface area (Å²) in [4.78, 5) is 26.0. The Bertz CT molecular complexity index is 1480. The monoisotopic (exact) mass is 464 g/mol. The average Bonchev–Trinajstić information content (AvgIpc) is 3.10. The number of carbonyl (C=O) groups excluding carboxylic acids is 1. The van der Waals surface area contributed by atoms with Gasteiger partial charge in [-0.1, -0.05) is 60.7 Å². The van der Waals surface area contributed by atoms with Gasteiger partial charge in [0.25, 0.3) is 11.5 Å². The first-order valence-electron chi connectivity index (χ1n) is 11.0. The van der Waals surface area contributed by atoms with Crippen LogP contribution in [0, 0.1) is 18.3 Å². The number of amides is 1. The van der Waals surface area contributed by atoms with E-state index in [-0.39, 0.29) is 16.8 Å². The summed E-state index contributed by atoms with van der Waals surface area (Å²) in [5.74, 6) is -0.0425. The van der Waals surface area contributed by atoms with E-state index in [1.165, 1.54) is 10.8 Å². The van der Waals surface area contributed by atoms with Crippen LogP contribution >= 0.6 is 0 Å². The molecule has 0 atom stereocenters. The van der Waals surface area contributed by atoms with Crippen molar-refractivity contribution in [3.8, 4) is 17.5 Å². The van der Waals surface area contributed by atoms with Crippen LogP contribution < -0.4 is 15.6 Å². The highest BCUT2D eigenvalue weighted by Gasteiger charge is 2.20. The largest absolute Gasteiger partial charge is 0.489 e. The number of aromatic nitrogens is 2. The third-order valence-corrected chi connectivity index (χ3v) is 5.58. The fourth-order valence-electron chi connectivity index (χ4n) is 3.64. The molecule has 0 unspecified atom stereocenters. The van der Waals surface area contributed by atoms with Crippen LogP contribution in [0.5, 0.6) is 5.75 Å². The first-order valence-corrected chi connectivity index (χ1v) is 11.0. The molecule has 1 heterocycles. The number of hydrogen-bond acceptors (Lipinski definition) is 4. The van der Waals surface area contributed by atoms with Crippen molar-refractivity contribution in [3.63, 3.8) is 0 Å². The van der Waals surface area contributed by atoms with Crippen molar-refractivity contribution in [3.05, 3.63) is 118 Å². The molecular weight excluding hydrogens is 440 g/mol. The predicted octanol–water partition coefficient (Wildman–Crippen LogP) is 4.61. The molecule has 1 aromatic heterocycles. The van der Waals surface area contributed by atoms with E-state index < -0.39 is 5.91 Å². The molecule has 0 aliphatic carbocycles. The minimum Gasteiger partial charge on any atom is -0.489 e. The Morgan fingerprint density at radius 1 is 1.03 bits per heavy atom. The Balaban J connectivity index is 1.55. The van der Waals surface area contributed by atoms with Crippen molar-refractivity contribution in [2.45, 2.75) is 13.5 Å². The van der Waals surface area contributed by atoms with E-state index in [1.54, 1.807) is 49.0 Å². The van der Waals surface area contributed by atoms with E-state index in [9.17, 15) is 14.9 Å². The Kier molecular flexibility index (Phi) is 6.94. The molecule has 0 saturated heterocycles. The summed E-state index contributed by atoms with van der Waals surface area (Å²) in [7, 11) is 1.74. The molecule has 0 radical (unpaired) electrons. The Hall–Kier alpha value is -4.83. The summed E-state index contributed by atoms with van der Waals surface area (Å²) in [5, 5.41) is 12.3. The average molecular weight is 465 g/mol. The normalized spacial score (nSPS) is 11.1. The number of carbonyl (C=O) groups is 1. The van der Waals surface area contributed by atoms with Crippen LogP contribution in [-0.2, 0) is 18.4 Å². The molecule has 1 N–H and O–H groups in total. The maximum Gasteiger partial charge on any atom is 0.295 e. The van der Waals surface area contributed by atoms with E-state index in [4.69, 9.17) is 4.74 Å². The standard InChI is InChI=1S/C28H24N4O3/c1-20-26(28(34)32(31(20)2)24-13-7-4-8-14-24)30-27(33)23(18-29)16-22-12-9-15-25(17-22)35-19-21-10-5-3-6-11-21/h3-17H,19H2,1-2H3,(H,30,33)/b23-16+. The van der Waals surface area contributed by atoms with E-state index in [1.807, 2.05) is 60.7 Å². The molecule has 0 fully saturated rings. The number of nitrogens with zero attached hydrogens (tertiary/aromatic N) is 3. The Labute approximate surface area is 203 Å². The second kappa shape index (κ2) is 10.4. The van der Waals surface area contributed by atoms with Gasteiger partial charge in [-0.3, -0.25) is 14.3 Å². The molecule has 174 valence electrons. The number of benzene rings is 3. The van der Waals surface area contributed by atoms with Gasteiger partial charge in [-0.25, -0.2) is 4.68 Å². The van der Waals surface area contributed by atoms with Gasteiger partial charge in [0.15, 0.2) is 0 Å². The molecular formula is C28H24N4O3. The molecule has 3 aromatic carbocycles. The minimum absolute atomic E-state index is 0.126. The zero-order valence-electron chi connectivity index (χ0n) is 19.4. The fraction of sp³-hybridized carbons (Fsp3) is 0.107. The maximum atomic E-state index is 13.1. The lowest BCUT2D eigenvalue weighted by Crippen LogP contribution is -2.23. The van der Waals surface area contributed by atoms with Crippen molar-refractivity contribution >= 4 is 17.7 Å². The topological polar surface area (TPSA) is 89.1 Å². The van der Waals surface area contributed by atoms with E-state index in [0.717, 1.165) is 5.56 Å². The first-order chi connectivity index (χ1) is 17.0. The van der Waals surface area contributed by atoms with Crippen LogP contribution in [0.1, 0.15) is 16.8 Å². The summed E-state index contributed by atoms with van der Waals surface area (Å²) < 4.78 is 8.96. The molecule has 0 aliphatic rings. The van der Waals surface area contributed by atoms with Crippen LogP contribution in [0.25, 0.3) is 11.8 Å². The van der Waals surface area contributed by atoms with Crippen molar-refractivity contribution in [2.75, 3.05) is 5.32 Å². The number of ether oxygens (including phenoxy) is 1. The van der Waals surface area contributed by atoms with E-state index in [0.29, 0.717) is 29.3 Å². The summed E-state index contributed by atoms with van der Waals surface area (Å²) in [6, 6.07) is 28.0. The quantitative estimate of drug-likeness (QED) is 0.320. The smallest absolute Gasteiger partial charge is 0.295 e. The number of anilines is 1. The van der Waals surface area contributed by atoms with Gasteiger partial charge < -0.3 is 10.1 Å². The number of hydrogen-bond donors (Lipinski definition) is 1. The van der Waals surface area contributed by atoms with Gasteiger partial charge in [0.2, 0.25) is 0 Å². The lowest BCUT2D eigenvalue weighted by atomic mass is 10.1. The third kappa shape index (κ3) is 5.23. The minimum atomic E-state index is -0.658. The second-order valence-corrected chi connectivity index (χ2v) is 7.91. The zero-order chi connectivity index (χ0) is 24.8. The van der Waals surface area contributed by atoms with Crippen molar-refractivity contribution in [2.24, 2.45) is 7.05 Å². The second-order valence-electron chi connectivity index (χ2n) is 7.91. The van der Waals surface area contributed by atoms with E-state index >= 15 is 0 Å². The zero-order valence-corrected chi connectivity index (χ0v) is 19.4. The van der Waals surface area contributed by atoms with Crippen molar-refractivity contribution < 1.29 is 9.53 Å². The van der Waals surface area contributed by atoms with Crippen LogP contribution in [0.15, 0.2) is 95.3 Å². The maximum absolute atomic E-state index is 13.1. The molecule has 0 bridgehead atoms. The molecule has 4 rings (SSSR count). The predicted molar refractivity (Wildman–Crippen MR) is 135 cm³/mol. The lowest BCUT2D eigenvalue weighted by molar-refractivity contribution is -0.112. The van der Waals surface area contributed by atoms with Gasteiger partial charge >= 0.3 is 0 Å². The molecule has 0 aliphatic heterocycles. The fourth-order valence-corrected chi connectivity index (χ4v) is 3.64. The van der Waals surface area contributed by atoms with Gasteiger partial charge in [0.1, 0.15) is 29.7 Å². The third-order valence-electron chi connectivity index (χ3n) is 5.58. The van der Waals surface area contributed by atoms with Gasteiger partial charge in [-0.15, -0.1) is 0 Å². The van der Waals surface area contributed by atoms with Crippen molar-refractivity contribution in [1.29, 1.82) is 5.26 Å². The number of nitriles is 1. The molecule has 7 heteroatoms. The summed E-state index contributed by atoms with van der Waals surface area (Å²) >= 11 is 0.